The minimum Gasteiger partial charge on any atom is -0.467 e. The molecule has 23 heavy (non-hydrogen) atoms. The Balaban J connectivity index is 1.71. The standard InChI is InChI=1S/C17H18ClNO4/c1-22-15(20)17(13-8-7-12(9-13)14(17)18)19-16(21)23-10-11-5-3-2-4-6-11/h2-8,12-14H,9-10H2,1H3,(H,19,21)/t12-,13+,14-,17+/m0/s1. The number of carbonyl (C=O) groups excluding carboxylic acids is 2. The van der Waals surface area contributed by atoms with Gasteiger partial charge in [0.1, 0.15) is 6.61 Å². The van der Waals surface area contributed by atoms with Crippen LogP contribution in [-0.2, 0) is 20.9 Å². The number of nitrogens with one attached hydrogen (secondary N) is 1. The molecule has 6 heteroatoms. The van der Waals surface area contributed by atoms with Crippen LogP contribution in [0, 0.1) is 11.8 Å². The Morgan fingerprint density at radius 2 is 2.04 bits per heavy atom. The number of hydrogen-bond donors (Lipinski definition) is 1. The minimum absolute atomic E-state index is 0.0511. The van der Waals surface area contributed by atoms with Gasteiger partial charge in [0, 0.05) is 5.92 Å². The molecular formula is C17H18ClNO4. The smallest absolute Gasteiger partial charge is 0.408 e. The predicted molar refractivity (Wildman–Crippen MR) is 84.9 cm³/mol. The van der Waals surface area contributed by atoms with Crippen molar-refractivity contribution in [1.82, 2.24) is 5.32 Å². The Morgan fingerprint density at radius 3 is 2.65 bits per heavy atom. The third-order valence-electron chi connectivity index (χ3n) is 4.56. The van der Waals surface area contributed by atoms with Gasteiger partial charge < -0.3 is 14.8 Å². The van der Waals surface area contributed by atoms with Crippen LogP contribution in [0.15, 0.2) is 42.5 Å². The number of ether oxygens (including phenoxy) is 2. The highest BCUT2D eigenvalue weighted by molar-refractivity contribution is 6.24. The third-order valence-corrected chi connectivity index (χ3v) is 5.23. The quantitative estimate of drug-likeness (QED) is 0.522. The highest BCUT2D eigenvalue weighted by Gasteiger charge is 2.62. The number of fused-ring (bicyclic) bond motifs is 2. The second kappa shape index (κ2) is 6.24. The maximum atomic E-state index is 12.3. The number of amides is 1. The summed E-state index contributed by atoms with van der Waals surface area (Å²) in [5, 5.41) is 2.13. The summed E-state index contributed by atoms with van der Waals surface area (Å²) in [6, 6.07) is 9.32. The van der Waals surface area contributed by atoms with Crippen LogP contribution in [0.4, 0.5) is 4.79 Å². The molecule has 122 valence electrons. The van der Waals surface area contributed by atoms with Crippen molar-refractivity contribution in [1.29, 1.82) is 0 Å². The van der Waals surface area contributed by atoms with Crippen LogP contribution < -0.4 is 5.32 Å². The molecule has 0 unspecified atom stereocenters. The van der Waals surface area contributed by atoms with Crippen LogP contribution in [0.2, 0.25) is 0 Å². The summed E-state index contributed by atoms with van der Waals surface area (Å²) >= 11 is 6.44. The minimum atomic E-state index is -1.26. The van der Waals surface area contributed by atoms with Crippen molar-refractivity contribution in [3.05, 3.63) is 48.0 Å². The van der Waals surface area contributed by atoms with Crippen LogP contribution >= 0.6 is 11.6 Å². The van der Waals surface area contributed by atoms with Crippen LogP contribution in [0.25, 0.3) is 0 Å². The number of carbonyl (C=O) groups is 2. The van der Waals surface area contributed by atoms with Gasteiger partial charge in [-0.15, -0.1) is 11.6 Å². The van der Waals surface area contributed by atoms with Gasteiger partial charge in [-0.3, -0.25) is 0 Å². The number of hydrogen-bond acceptors (Lipinski definition) is 4. The fraction of sp³-hybridized carbons (Fsp3) is 0.412. The molecule has 1 saturated carbocycles. The Labute approximate surface area is 139 Å². The first-order valence-electron chi connectivity index (χ1n) is 7.47. The van der Waals surface area contributed by atoms with Crippen LogP contribution in [-0.4, -0.2) is 30.1 Å². The molecule has 1 aromatic rings. The van der Waals surface area contributed by atoms with E-state index in [1.165, 1.54) is 7.11 Å². The zero-order chi connectivity index (χ0) is 16.4. The van der Waals surface area contributed by atoms with E-state index in [-0.39, 0.29) is 18.4 Å². The van der Waals surface area contributed by atoms with Crippen molar-refractivity contribution in [2.24, 2.45) is 11.8 Å². The number of halogens is 1. The van der Waals surface area contributed by atoms with Gasteiger partial charge in [0.2, 0.25) is 0 Å². The van der Waals surface area contributed by atoms with Gasteiger partial charge in [-0.2, -0.15) is 0 Å². The summed E-state index contributed by atoms with van der Waals surface area (Å²) in [4.78, 5) is 24.5. The molecule has 5 nitrogen and oxygen atoms in total. The monoisotopic (exact) mass is 335 g/mol. The van der Waals surface area contributed by atoms with E-state index >= 15 is 0 Å². The SMILES string of the molecule is COC(=O)[C@@]1(NC(=O)OCc2ccccc2)[C@@H]2C=C[C@@H](C2)[C@@H]1Cl. The number of methoxy groups -OCH3 is 1. The lowest BCUT2D eigenvalue weighted by Gasteiger charge is -2.36. The van der Waals surface area contributed by atoms with Crippen LogP contribution in [0.3, 0.4) is 0 Å². The largest absolute Gasteiger partial charge is 0.467 e. The molecule has 2 aliphatic carbocycles. The van der Waals surface area contributed by atoms with Gasteiger partial charge in [-0.25, -0.2) is 9.59 Å². The first kappa shape index (κ1) is 15.9. The molecule has 0 aromatic heterocycles. The molecule has 0 spiro atoms. The van der Waals surface area contributed by atoms with Crippen molar-refractivity contribution >= 4 is 23.7 Å². The number of rotatable bonds is 4. The highest BCUT2D eigenvalue weighted by atomic mass is 35.5. The Kier molecular flexibility index (Phi) is 4.31. The zero-order valence-corrected chi connectivity index (χ0v) is 13.5. The summed E-state index contributed by atoms with van der Waals surface area (Å²) in [5.74, 6) is -0.659. The average molecular weight is 336 g/mol. The van der Waals surface area contributed by atoms with Crippen molar-refractivity contribution < 1.29 is 19.1 Å². The van der Waals surface area contributed by atoms with Gasteiger partial charge in [-0.1, -0.05) is 42.5 Å². The molecular weight excluding hydrogens is 318 g/mol. The number of alkyl carbamates (subject to hydrolysis) is 1. The topological polar surface area (TPSA) is 64.6 Å². The van der Waals surface area contributed by atoms with Gasteiger partial charge in [0.05, 0.1) is 12.5 Å². The summed E-state index contributed by atoms with van der Waals surface area (Å²) < 4.78 is 10.1. The summed E-state index contributed by atoms with van der Waals surface area (Å²) in [7, 11) is 1.29. The molecule has 0 saturated heterocycles. The molecule has 0 radical (unpaired) electrons. The number of benzene rings is 1. The molecule has 0 aliphatic heterocycles. The van der Waals surface area contributed by atoms with Crippen molar-refractivity contribution in [2.75, 3.05) is 7.11 Å². The van der Waals surface area contributed by atoms with E-state index in [1.54, 1.807) is 0 Å². The Morgan fingerprint density at radius 1 is 1.30 bits per heavy atom. The summed E-state index contributed by atoms with van der Waals surface area (Å²) in [5.41, 5.74) is -0.395. The van der Waals surface area contributed by atoms with Crippen molar-refractivity contribution in [2.45, 2.75) is 23.9 Å². The molecule has 0 heterocycles. The van der Waals surface area contributed by atoms with E-state index in [9.17, 15) is 9.59 Å². The number of allylic oxidation sites excluding steroid dienone is 1. The first-order valence-corrected chi connectivity index (χ1v) is 7.91. The molecule has 4 atom stereocenters. The molecule has 1 aromatic carbocycles. The number of alkyl halides is 1. The highest BCUT2D eigenvalue weighted by Crippen LogP contribution is 2.49. The average Bonchev–Trinajstić information content (AvgIpc) is 3.16. The second-order valence-electron chi connectivity index (χ2n) is 5.84. The lowest BCUT2D eigenvalue weighted by atomic mass is 9.84. The van der Waals surface area contributed by atoms with Crippen LogP contribution in [0.5, 0.6) is 0 Å². The molecule has 1 fully saturated rings. The van der Waals surface area contributed by atoms with Gasteiger partial charge in [0.25, 0.3) is 0 Å². The third kappa shape index (κ3) is 2.70. The lowest BCUT2D eigenvalue weighted by Crippen LogP contribution is -2.63. The molecule has 2 bridgehead atoms. The van der Waals surface area contributed by atoms with E-state index in [0.29, 0.717) is 0 Å². The predicted octanol–water partition coefficient (Wildman–Crippen LogP) is 2.64. The number of esters is 1. The normalized spacial score (nSPS) is 31.0. The fourth-order valence-corrected chi connectivity index (χ4v) is 3.89. The lowest BCUT2D eigenvalue weighted by molar-refractivity contribution is -0.149. The van der Waals surface area contributed by atoms with Crippen molar-refractivity contribution in [3.63, 3.8) is 0 Å². The van der Waals surface area contributed by atoms with Crippen LogP contribution in [0.1, 0.15) is 12.0 Å². The van der Waals surface area contributed by atoms with Gasteiger partial charge >= 0.3 is 12.1 Å². The first-order chi connectivity index (χ1) is 11.1. The van der Waals surface area contributed by atoms with E-state index in [4.69, 9.17) is 21.1 Å². The summed E-state index contributed by atoms with van der Waals surface area (Å²) in [6.45, 7) is 0.126. The maximum absolute atomic E-state index is 12.3. The fourth-order valence-electron chi connectivity index (χ4n) is 3.40. The van der Waals surface area contributed by atoms with Gasteiger partial charge in [0.15, 0.2) is 5.54 Å². The molecule has 1 N–H and O–H groups in total. The molecule has 1 amide bonds. The second-order valence-corrected chi connectivity index (χ2v) is 6.31. The molecule has 2 aliphatic rings. The Hall–Kier alpha value is -2.01. The molecule has 3 rings (SSSR count). The van der Waals surface area contributed by atoms with E-state index in [2.05, 4.69) is 5.32 Å². The van der Waals surface area contributed by atoms with E-state index < -0.39 is 23.0 Å². The maximum Gasteiger partial charge on any atom is 0.408 e. The van der Waals surface area contributed by atoms with Crippen molar-refractivity contribution in [3.8, 4) is 0 Å². The van der Waals surface area contributed by atoms with E-state index in [0.717, 1.165) is 12.0 Å². The zero-order valence-electron chi connectivity index (χ0n) is 12.7. The van der Waals surface area contributed by atoms with Gasteiger partial charge in [-0.05, 0) is 17.9 Å². The van der Waals surface area contributed by atoms with E-state index in [1.807, 2.05) is 42.5 Å². The Bertz CT molecular complexity index is 633. The summed E-state index contributed by atoms with van der Waals surface area (Å²) in [6.07, 6.45) is 3.95.